The van der Waals surface area contributed by atoms with Crippen LogP contribution in [-0.2, 0) is 6.54 Å². The minimum Gasteiger partial charge on any atom is -0.394 e. The highest BCUT2D eigenvalue weighted by molar-refractivity contribution is 7.09. The largest absolute Gasteiger partial charge is 0.394 e. The first-order valence-electron chi connectivity index (χ1n) is 5.27. The van der Waals surface area contributed by atoms with E-state index in [1.807, 2.05) is 0 Å². The summed E-state index contributed by atoms with van der Waals surface area (Å²) in [7, 11) is 0. The highest BCUT2D eigenvalue weighted by Gasteiger charge is 2.38. The molecule has 1 saturated carbocycles. The van der Waals surface area contributed by atoms with Crippen molar-refractivity contribution in [2.75, 3.05) is 6.61 Å². The quantitative estimate of drug-likeness (QED) is 0.705. The Hall–Kier alpha value is -0.980. The molecule has 0 spiro atoms. The normalized spacial score (nSPS) is 17.9. The third-order valence-electron chi connectivity index (χ3n) is 2.95. The molecule has 88 valence electrons. The highest BCUT2D eigenvalue weighted by atomic mass is 32.1. The van der Waals surface area contributed by atoms with E-state index in [1.165, 1.54) is 11.3 Å². The number of carbonyl (C=O) groups excluding carboxylic acids is 1. The van der Waals surface area contributed by atoms with E-state index in [-0.39, 0.29) is 12.5 Å². The average molecular weight is 241 g/mol. The Kier molecular flexibility index (Phi) is 3.22. The van der Waals surface area contributed by atoms with Crippen LogP contribution in [0, 0.1) is 0 Å². The number of nitrogens with one attached hydrogen (secondary N) is 1. The van der Waals surface area contributed by atoms with Crippen molar-refractivity contribution in [3.63, 3.8) is 0 Å². The van der Waals surface area contributed by atoms with Gasteiger partial charge in [0.2, 0.25) is 0 Å². The minimum absolute atomic E-state index is 0.00732. The van der Waals surface area contributed by atoms with Crippen LogP contribution >= 0.6 is 11.3 Å². The molecule has 0 radical (unpaired) electrons. The molecule has 1 aliphatic rings. The van der Waals surface area contributed by atoms with Crippen molar-refractivity contribution in [1.29, 1.82) is 0 Å². The van der Waals surface area contributed by atoms with E-state index in [1.54, 1.807) is 5.38 Å². The smallest absolute Gasteiger partial charge is 0.271 e. The van der Waals surface area contributed by atoms with Gasteiger partial charge >= 0.3 is 0 Å². The number of nitrogens with zero attached hydrogens (tertiary/aromatic N) is 1. The zero-order valence-corrected chi connectivity index (χ0v) is 9.72. The Morgan fingerprint density at radius 1 is 1.69 bits per heavy atom. The molecule has 1 fully saturated rings. The van der Waals surface area contributed by atoms with Gasteiger partial charge in [-0.2, -0.15) is 0 Å². The van der Waals surface area contributed by atoms with E-state index < -0.39 is 5.54 Å². The zero-order valence-electron chi connectivity index (χ0n) is 8.90. The molecule has 0 aromatic carbocycles. The number of rotatable bonds is 4. The van der Waals surface area contributed by atoms with Crippen molar-refractivity contribution in [2.24, 2.45) is 5.73 Å². The van der Waals surface area contributed by atoms with Crippen molar-refractivity contribution >= 4 is 17.2 Å². The van der Waals surface area contributed by atoms with Crippen molar-refractivity contribution in [1.82, 2.24) is 10.3 Å². The Labute approximate surface area is 97.7 Å². The highest BCUT2D eigenvalue weighted by Crippen LogP contribution is 2.31. The molecule has 1 aromatic heterocycles. The van der Waals surface area contributed by atoms with E-state index >= 15 is 0 Å². The summed E-state index contributed by atoms with van der Waals surface area (Å²) in [6.45, 7) is 0.343. The van der Waals surface area contributed by atoms with Gasteiger partial charge in [0.1, 0.15) is 10.7 Å². The Morgan fingerprint density at radius 3 is 2.88 bits per heavy atom. The first-order valence-corrected chi connectivity index (χ1v) is 6.15. The van der Waals surface area contributed by atoms with Crippen LogP contribution in [0.5, 0.6) is 0 Å². The average Bonchev–Trinajstić information content (AvgIpc) is 2.71. The van der Waals surface area contributed by atoms with E-state index in [0.29, 0.717) is 12.2 Å². The number of amides is 1. The monoisotopic (exact) mass is 241 g/mol. The van der Waals surface area contributed by atoms with E-state index in [0.717, 1.165) is 24.3 Å². The summed E-state index contributed by atoms with van der Waals surface area (Å²) in [5.41, 5.74) is 5.41. The van der Waals surface area contributed by atoms with Crippen LogP contribution < -0.4 is 11.1 Å². The molecular formula is C10H15N3O2S. The topological polar surface area (TPSA) is 88.2 Å². The molecule has 1 heterocycles. The molecule has 1 aromatic rings. The van der Waals surface area contributed by atoms with Gasteiger partial charge in [0.05, 0.1) is 12.1 Å². The molecule has 1 aliphatic carbocycles. The lowest BCUT2D eigenvalue weighted by molar-refractivity contribution is 0.0638. The summed E-state index contributed by atoms with van der Waals surface area (Å²) in [6.07, 6.45) is 2.72. The van der Waals surface area contributed by atoms with Crippen LogP contribution in [0.3, 0.4) is 0 Å². The van der Waals surface area contributed by atoms with Crippen molar-refractivity contribution in [3.8, 4) is 0 Å². The molecule has 4 N–H and O–H groups in total. The number of hydrogen-bond donors (Lipinski definition) is 3. The fourth-order valence-corrected chi connectivity index (χ4v) is 2.39. The maximum absolute atomic E-state index is 11.8. The summed E-state index contributed by atoms with van der Waals surface area (Å²) in [5.74, 6) is -0.218. The first-order chi connectivity index (χ1) is 7.69. The zero-order chi connectivity index (χ0) is 11.6. The number of aliphatic hydroxyl groups is 1. The summed E-state index contributed by atoms with van der Waals surface area (Å²) in [4.78, 5) is 15.9. The standard InChI is InChI=1S/C10H15N3O2S/c11-4-8-12-7(5-16-8)9(15)13-10(6-14)2-1-3-10/h5,14H,1-4,6,11H2,(H,13,15). The number of nitrogens with two attached hydrogens (primary N) is 1. The van der Waals surface area contributed by atoms with Crippen LogP contribution in [0.2, 0.25) is 0 Å². The van der Waals surface area contributed by atoms with Crippen LogP contribution in [0.4, 0.5) is 0 Å². The van der Waals surface area contributed by atoms with Crippen LogP contribution in [0.15, 0.2) is 5.38 Å². The molecule has 0 atom stereocenters. The molecular weight excluding hydrogens is 226 g/mol. The number of carbonyl (C=O) groups is 1. The Bertz CT molecular complexity index is 382. The molecule has 0 saturated heterocycles. The third-order valence-corrected chi connectivity index (χ3v) is 3.82. The van der Waals surface area contributed by atoms with Gasteiger partial charge in [-0.15, -0.1) is 11.3 Å². The van der Waals surface area contributed by atoms with Crippen LogP contribution in [-0.4, -0.2) is 28.1 Å². The lowest BCUT2D eigenvalue weighted by Crippen LogP contribution is -2.56. The molecule has 5 nitrogen and oxygen atoms in total. The lowest BCUT2D eigenvalue weighted by Gasteiger charge is -2.40. The van der Waals surface area contributed by atoms with Crippen molar-refractivity contribution < 1.29 is 9.90 Å². The molecule has 0 aliphatic heterocycles. The second-order valence-corrected chi connectivity index (χ2v) is 5.02. The maximum atomic E-state index is 11.8. The summed E-state index contributed by atoms with van der Waals surface area (Å²) >= 11 is 1.38. The first kappa shape index (κ1) is 11.5. The molecule has 6 heteroatoms. The van der Waals surface area contributed by atoms with Gasteiger partial charge in [-0.3, -0.25) is 4.79 Å². The van der Waals surface area contributed by atoms with Gasteiger partial charge in [-0.1, -0.05) is 0 Å². The number of hydrogen-bond acceptors (Lipinski definition) is 5. The molecule has 16 heavy (non-hydrogen) atoms. The molecule has 0 unspecified atom stereocenters. The second kappa shape index (κ2) is 4.48. The van der Waals surface area contributed by atoms with Gasteiger partial charge < -0.3 is 16.2 Å². The van der Waals surface area contributed by atoms with E-state index in [4.69, 9.17) is 5.73 Å². The van der Waals surface area contributed by atoms with Crippen LogP contribution in [0.25, 0.3) is 0 Å². The van der Waals surface area contributed by atoms with Crippen LogP contribution in [0.1, 0.15) is 34.8 Å². The van der Waals surface area contributed by atoms with Crippen molar-refractivity contribution in [2.45, 2.75) is 31.3 Å². The van der Waals surface area contributed by atoms with Gasteiger partial charge in [-0.05, 0) is 19.3 Å². The summed E-state index contributed by atoms with van der Waals surface area (Å²) < 4.78 is 0. The predicted octanol–water partition coefficient (Wildman–Crippen LogP) is 0.247. The minimum atomic E-state index is -0.413. The Morgan fingerprint density at radius 2 is 2.44 bits per heavy atom. The van der Waals surface area contributed by atoms with E-state index in [2.05, 4.69) is 10.3 Å². The SMILES string of the molecule is NCc1nc(C(=O)NC2(CO)CCC2)cs1. The third kappa shape index (κ3) is 2.09. The molecule has 1 amide bonds. The van der Waals surface area contributed by atoms with E-state index in [9.17, 15) is 9.90 Å². The summed E-state index contributed by atoms with van der Waals surface area (Å²) in [6, 6.07) is 0. The molecule has 2 rings (SSSR count). The Balaban J connectivity index is 2.02. The lowest BCUT2D eigenvalue weighted by atomic mass is 9.77. The fraction of sp³-hybridized carbons (Fsp3) is 0.600. The van der Waals surface area contributed by atoms with Gasteiger partial charge in [-0.25, -0.2) is 4.98 Å². The molecule has 0 bridgehead atoms. The number of aromatic nitrogens is 1. The van der Waals surface area contributed by atoms with Gasteiger partial charge in [0, 0.05) is 11.9 Å². The van der Waals surface area contributed by atoms with Gasteiger partial charge in [0.15, 0.2) is 0 Å². The number of thiazole rings is 1. The predicted molar refractivity (Wildman–Crippen MR) is 61.1 cm³/mol. The fourth-order valence-electron chi connectivity index (χ4n) is 1.74. The second-order valence-electron chi connectivity index (χ2n) is 4.08. The number of aliphatic hydroxyl groups excluding tert-OH is 1. The summed E-state index contributed by atoms with van der Waals surface area (Å²) in [5, 5.41) is 14.5. The van der Waals surface area contributed by atoms with Crippen molar-refractivity contribution in [3.05, 3.63) is 16.1 Å². The van der Waals surface area contributed by atoms with Gasteiger partial charge in [0.25, 0.3) is 5.91 Å². The maximum Gasteiger partial charge on any atom is 0.271 e.